The third-order valence-electron chi connectivity index (χ3n) is 5.56. The number of aryl methyl sites for hydroxylation is 1. The number of aromatic nitrogens is 3. The lowest BCUT2D eigenvalue weighted by Crippen LogP contribution is -2.12. The van der Waals surface area contributed by atoms with E-state index in [4.69, 9.17) is 4.74 Å². The highest BCUT2D eigenvalue weighted by molar-refractivity contribution is 7.97. The molecule has 0 aliphatic heterocycles. The van der Waals surface area contributed by atoms with Crippen LogP contribution in [0, 0.1) is 11.3 Å². The molecule has 0 aliphatic rings. The number of hydrogen-bond donors (Lipinski definition) is 2. The molecule has 0 bridgehead atoms. The monoisotopic (exact) mass is 457 g/mol. The Bertz CT molecular complexity index is 1370. The zero-order valence-electron chi connectivity index (χ0n) is 18.4. The standard InChI is InChI=1S/C25H23N5O2S/c1-3-16-11-17(7-8-19(16)25(31)33)21-13-24(29-15-28-21)27-9-10-30-18(14-26)12-20-22(30)5-4-6-23(20)32-2/h4-8,11-13,15H,3,9-10H2,1-2H3,(H,31,33)(H,27,28,29). The van der Waals surface area contributed by atoms with Crippen LogP contribution < -0.4 is 10.1 Å². The number of hydrogen-bond acceptors (Lipinski definition) is 6. The number of fused-ring (bicyclic) bond motifs is 1. The highest BCUT2D eigenvalue weighted by Gasteiger charge is 2.13. The summed E-state index contributed by atoms with van der Waals surface area (Å²) in [7, 11) is 1.62. The minimum Gasteiger partial charge on any atom is -0.496 e. The molecule has 0 saturated heterocycles. The van der Waals surface area contributed by atoms with Crippen molar-refractivity contribution < 1.29 is 9.53 Å². The predicted molar refractivity (Wildman–Crippen MR) is 132 cm³/mol. The van der Waals surface area contributed by atoms with Crippen LogP contribution in [0.3, 0.4) is 0 Å². The fourth-order valence-corrected chi connectivity index (χ4v) is 4.15. The highest BCUT2D eigenvalue weighted by atomic mass is 32.1. The summed E-state index contributed by atoms with van der Waals surface area (Å²) in [6, 6.07) is 17.4. The average Bonchev–Trinajstić information content (AvgIpc) is 3.21. The first kappa shape index (κ1) is 22.4. The maximum absolute atomic E-state index is 11.7. The number of nitrogens with one attached hydrogen (secondary N) is 1. The molecule has 0 amide bonds. The molecule has 7 nitrogen and oxygen atoms in total. The largest absolute Gasteiger partial charge is 0.496 e. The van der Waals surface area contributed by atoms with Crippen molar-refractivity contribution in [1.82, 2.24) is 14.5 Å². The van der Waals surface area contributed by atoms with Crippen LogP contribution in [-0.2, 0) is 13.0 Å². The summed E-state index contributed by atoms with van der Waals surface area (Å²) in [6.45, 7) is 3.15. The molecule has 8 heteroatoms. The molecule has 2 aromatic heterocycles. The number of ether oxygens (including phenoxy) is 1. The number of rotatable bonds is 8. The SMILES string of the molecule is CCc1cc(-c2cc(NCCn3c(C#N)cc4c(OC)cccc43)ncn2)ccc1C(=O)S. The number of thiol groups is 1. The molecule has 0 spiro atoms. The summed E-state index contributed by atoms with van der Waals surface area (Å²) in [5, 5.41) is 13.6. The van der Waals surface area contributed by atoms with Crippen LogP contribution in [0.25, 0.3) is 22.2 Å². The van der Waals surface area contributed by atoms with E-state index < -0.39 is 0 Å². The molecule has 0 fully saturated rings. The molecule has 0 atom stereocenters. The van der Waals surface area contributed by atoms with Gasteiger partial charge in [0.15, 0.2) is 0 Å². The molecule has 33 heavy (non-hydrogen) atoms. The molecule has 4 rings (SSSR count). The van der Waals surface area contributed by atoms with Crippen LogP contribution in [0.4, 0.5) is 5.82 Å². The van der Waals surface area contributed by atoms with Crippen molar-refractivity contribution in [2.45, 2.75) is 19.9 Å². The van der Waals surface area contributed by atoms with Crippen LogP contribution in [0.15, 0.2) is 54.9 Å². The van der Waals surface area contributed by atoms with Gasteiger partial charge in [-0.3, -0.25) is 4.79 Å². The van der Waals surface area contributed by atoms with Gasteiger partial charge in [0.25, 0.3) is 0 Å². The third-order valence-corrected chi connectivity index (χ3v) is 5.80. The topological polar surface area (TPSA) is 92.8 Å². The Labute approximate surface area is 197 Å². The lowest BCUT2D eigenvalue weighted by molar-refractivity contribution is 0.109. The van der Waals surface area contributed by atoms with Gasteiger partial charge >= 0.3 is 0 Å². The van der Waals surface area contributed by atoms with Crippen LogP contribution in [0.1, 0.15) is 28.5 Å². The van der Waals surface area contributed by atoms with Crippen LogP contribution in [0.2, 0.25) is 0 Å². The van der Waals surface area contributed by atoms with Gasteiger partial charge in [-0.05, 0) is 42.3 Å². The number of methoxy groups -OCH3 is 1. The molecule has 0 aliphatic carbocycles. The summed E-state index contributed by atoms with van der Waals surface area (Å²) in [4.78, 5) is 20.4. The molecule has 0 saturated carbocycles. The van der Waals surface area contributed by atoms with Gasteiger partial charge in [-0.15, -0.1) is 12.6 Å². The molecule has 2 heterocycles. The first-order chi connectivity index (χ1) is 16.0. The number of benzene rings is 2. The Morgan fingerprint density at radius 3 is 2.79 bits per heavy atom. The first-order valence-electron chi connectivity index (χ1n) is 10.5. The lowest BCUT2D eigenvalue weighted by atomic mass is 10.0. The summed E-state index contributed by atoms with van der Waals surface area (Å²) >= 11 is 3.96. The van der Waals surface area contributed by atoms with Crippen molar-refractivity contribution >= 4 is 34.5 Å². The van der Waals surface area contributed by atoms with E-state index in [2.05, 4.69) is 34.0 Å². The zero-order valence-corrected chi connectivity index (χ0v) is 19.3. The van der Waals surface area contributed by atoms with E-state index in [0.717, 1.165) is 39.9 Å². The van der Waals surface area contributed by atoms with Gasteiger partial charge in [0, 0.05) is 35.7 Å². The highest BCUT2D eigenvalue weighted by Crippen LogP contribution is 2.29. The minimum atomic E-state index is -0.240. The normalized spacial score (nSPS) is 10.7. The molecule has 166 valence electrons. The number of carbonyl (C=O) groups excluding carboxylic acids is 1. The van der Waals surface area contributed by atoms with E-state index in [-0.39, 0.29) is 5.12 Å². The van der Waals surface area contributed by atoms with Crippen molar-refractivity contribution in [3.05, 3.63) is 71.7 Å². The number of nitriles is 1. The summed E-state index contributed by atoms with van der Waals surface area (Å²) in [5.74, 6) is 1.42. The van der Waals surface area contributed by atoms with E-state index in [1.807, 2.05) is 54.0 Å². The zero-order chi connectivity index (χ0) is 23.4. The van der Waals surface area contributed by atoms with Gasteiger partial charge in [-0.1, -0.05) is 19.1 Å². The molecule has 0 radical (unpaired) electrons. The predicted octanol–water partition coefficient (Wildman–Crippen LogP) is 4.72. The Balaban J connectivity index is 1.53. The third kappa shape index (κ3) is 4.54. The van der Waals surface area contributed by atoms with Crippen LogP contribution in [0.5, 0.6) is 5.75 Å². The Morgan fingerprint density at radius 2 is 2.06 bits per heavy atom. The Morgan fingerprint density at radius 1 is 1.21 bits per heavy atom. The van der Waals surface area contributed by atoms with Gasteiger partial charge in [0.2, 0.25) is 5.12 Å². The molecule has 0 unspecified atom stereocenters. The van der Waals surface area contributed by atoms with Crippen molar-refractivity contribution in [1.29, 1.82) is 5.26 Å². The van der Waals surface area contributed by atoms with Gasteiger partial charge in [-0.25, -0.2) is 9.97 Å². The maximum atomic E-state index is 11.7. The fourth-order valence-electron chi connectivity index (χ4n) is 3.93. The quantitative estimate of drug-likeness (QED) is 0.372. The van der Waals surface area contributed by atoms with Gasteiger partial charge in [0.05, 0.1) is 18.3 Å². The first-order valence-corrected chi connectivity index (χ1v) is 11.0. The second-order valence-electron chi connectivity index (χ2n) is 7.43. The van der Waals surface area contributed by atoms with Gasteiger partial charge in [0.1, 0.15) is 29.7 Å². The summed E-state index contributed by atoms with van der Waals surface area (Å²) in [5.41, 5.74) is 4.73. The molecule has 1 N–H and O–H groups in total. The van der Waals surface area contributed by atoms with Crippen LogP contribution in [-0.4, -0.2) is 33.3 Å². The molecule has 4 aromatic rings. The number of carbonyl (C=O) groups is 1. The number of anilines is 1. The van der Waals surface area contributed by atoms with Crippen molar-refractivity contribution in [2.24, 2.45) is 0 Å². The van der Waals surface area contributed by atoms with E-state index in [9.17, 15) is 10.1 Å². The Kier molecular flexibility index (Phi) is 6.61. The fraction of sp³-hybridized carbons (Fsp3) is 0.200. The molecular weight excluding hydrogens is 434 g/mol. The Hall–Kier alpha value is -3.83. The van der Waals surface area contributed by atoms with E-state index in [1.54, 1.807) is 13.2 Å². The van der Waals surface area contributed by atoms with Crippen LogP contribution >= 0.6 is 12.6 Å². The summed E-state index contributed by atoms with van der Waals surface area (Å²) < 4.78 is 7.39. The van der Waals surface area contributed by atoms with E-state index in [1.165, 1.54) is 6.33 Å². The van der Waals surface area contributed by atoms with Crippen molar-refractivity contribution in [3.63, 3.8) is 0 Å². The van der Waals surface area contributed by atoms with E-state index >= 15 is 0 Å². The van der Waals surface area contributed by atoms with Gasteiger partial charge in [-0.2, -0.15) is 5.26 Å². The van der Waals surface area contributed by atoms with E-state index in [0.29, 0.717) is 30.2 Å². The molecular formula is C25H23N5O2S. The van der Waals surface area contributed by atoms with Crippen molar-refractivity contribution in [3.8, 4) is 23.1 Å². The van der Waals surface area contributed by atoms with Crippen molar-refractivity contribution in [2.75, 3.05) is 19.0 Å². The average molecular weight is 458 g/mol. The lowest BCUT2D eigenvalue weighted by Gasteiger charge is -2.11. The second kappa shape index (κ2) is 9.76. The number of nitrogens with zero attached hydrogens (tertiary/aromatic N) is 4. The van der Waals surface area contributed by atoms with Gasteiger partial charge < -0.3 is 14.6 Å². The molecule has 2 aromatic carbocycles. The summed E-state index contributed by atoms with van der Waals surface area (Å²) in [6.07, 6.45) is 2.24. The second-order valence-corrected chi connectivity index (χ2v) is 7.84. The minimum absolute atomic E-state index is 0.240. The maximum Gasteiger partial charge on any atom is 0.216 e. The smallest absolute Gasteiger partial charge is 0.216 e.